The molecule has 0 radical (unpaired) electrons. The molecular formula is C16H28IN3O2. The first-order chi connectivity index (χ1) is 10.3. The predicted octanol–water partition coefficient (Wildman–Crippen LogP) is 2.33. The van der Waals surface area contributed by atoms with Crippen LogP contribution in [-0.2, 0) is 16.0 Å². The molecule has 1 aromatic carbocycles. The number of hydrogen-bond acceptors (Lipinski definition) is 3. The Bertz CT molecular complexity index is 410. The Hall–Kier alpha value is -0.860. The number of nitrogens with zero attached hydrogens (tertiary/aromatic N) is 1. The number of hydrogen-bond donors (Lipinski definition) is 2. The van der Waals surface area contributed by atoms with Gasteiger partial charge in [-0.25, -0.2) is 0 Å². The summed E-state index contributed by atoms with van der Waals surface area (Å²) in [5, 5.41) is 6.56. The van der Waals surface area contributed by atoms with Gasteiger partial charge in [-0.05, 0) is 18.9 Å². The monoisotopic (exact) mass is 421 g/mol. The van der Waals surface area contributed by atoms with Crippen molar-refractivity contribution in [3.8, 4) is 0 Å². The van der Waals surface area contributed by atoms with Crippen molar-refractivity contribution in [1.82, 2.24) is 10.6 Å². The highest BCUT2D eigenvalue weighted by atomic mass is 127. The number of methoxy groups -OCH3 is 1. The minimum atomic E-state index is 0. The molecule has 0 saturated heterocycles. The van der Waals surface area contributed by atoms with Gasteiger partial charge in [0.1, 0.15) is 0 Å². The maximum Gasteiger partial charge on any atom is 0.191 e. The zero-order chi connectivity index (χ0) is 15.3. The van der Waals surface area contributed by atoms with Gasteiger partial charge in [0.15, 0.2) is 5.96 Å². The third-order valence-corrected chi connectivity index (χ3v) is 2.99. The number of halogens is 1. The van der Waals surface area contributed by atoms with E-state index in [-0.39, 0.29) is 24.0 Å². The fraction of sp³-hybridized carbons (Fsp3) is 0.562. The molecule has 1 aromatic rings. The molecule has 0 spiro atoms. The van der Waals surface area contributed by atoms with Gasteiger partial charge in [-0.1, -0.05) is 29.8 Å². The van der Waals surface area contributed by atoms with Crippen LogP contribution in [0.1, 0.15) is 17.5 Å². The van der Waals surface area contributed by atoms with Crippen molar-refractivity contribution in [2.24, 2.45) is 4.99 Å². The Morgan fingerprint density at radius 1 is 1.09 bits per heavy atom. The molecule has 0 bridgehead atoms. The first-order valence-corrected chi connectivity index (χ1v) is 7.33. The van der Waals surface area contributed by atoms with E-state index >= 15 is 0 Å². The lowest BCUT2D eigenvalue weighted by atomic mass is 10.1. The van der Waals surface area contributed by atoms with E-state index in [1.54, 1.807) is 14.2 Å². The summed E-state index contributed by atoms with van der Waals surface area (Å²) in [5.41, 5.74) is 2.51. The fourth-order valence-corrected chi connectivity index (χ4v) is 1.74. The first kappa shape index (κ1) is 21.1. The van der Waals surface area contributed by atoms with Gasteiger partial charge in [0.25, 0.3) is 0 Å². The average molecular weight is 421 g/mol. The molecule has 0 unspecified atom stereocenters. The van der Waals surface area contributed by atoms with Gasteiger partial charge in [-0.15, -0.1) is 24.0 Å². The average Bonchev–Trinajstić information content (AvgIpc) is 2.51. The molecule has 0 aromatic heterocycles. The van der Waals surface area contributed by atoms with E-state index in [9.17, 15) is 0 Å². The molecule has 0 fully saturated rings. The van der Waals surface area contributed by atoms with Gasteiger partial charge in [0, 0.05) is 33.9 Å². The maximum absolute atomic E-state index is 5.40. The Balaban J connectivity index is 0.00000441. The molecule has 0 aliphatic rings. The normalized spacial score (nSPS) is 11.0. The van der Waals surface area contributed by atoms with Gasteiger partial charge in [0.2, 0.25) is 0 Å². The SMILES string of the molecule is CN=C(NCCCOCCOC)NCc1ccc(C)cc1.I. The highest BCUT2D eigenvalue weighted by molar-refractivity contribution is 14.0. The summed E-state index contributed by atoms with van der Waals surface area (Å²) in [6.45, 7) is 5.71. The second-order valence-corrected chi connectivity index (χ2v) is 4.80. The number of nitrogens with one attached hydrogen (secondary N) is 2. The van der Waals surface area contributed by atoms with E-state index in [0.29, 0.717) is 13.2 Å². The number of aliphatic imine (C=N–C) groups is 1. The zero-order valence-corrected chi connectivity index (χ0v) is 16.1. The van der Waals surface area contributed by atoms with Crippen molar-refractivity contribution in [3.63, 3.8) is 0 Å². The van der Waals surface area contributed by atoms with E-state index in [4.69, 9.17) is 9.47 Å². The van der Waals surface area contributed by atoms with Crippen LogP contribution in [0.4, 0.5) is 0 Å². The summed E-state index contributed by atoms with van der Waals surface area (Å²) in [6.07, 6.45) is 0.939. The van der Waals surface area contributed by atoms with E-state index in [1.807, 2.05) is 0 Å². The molecular weight excluding hydrogens is 393 g/mol. The second-order valence-electron chi connectivity index (χ2n) is 4.80. The Morgan fingerprint density at radius 2 is 1.82 bits per heavy atom. The smallest absolute Gasteiger partial charge is 0.191 e. The molecule has 0 atom stereocenters. The van der Waals surface area contributed by atoms with Crippen LogP contribution in [0.5, 0.6) is 0 Å². The highest BCUT2D eigenvalue weighted by Crippen LogP contribution is 2.02. The number of guanidine groups is 1. The molecule has 0 aliphatic heterocycles. The topological polar surface area (TPSA) is 54.9 Å². The van der Waals surface area contributed by atoms with Crippen molar-refractivity contribution in [3.05, 3.63) is 35.4 Å². The van der Waals surface area contributed by atoms with Crippen molar-refractivity contribution in [2.75, 3.05) is 40.5 Å². The van der Waals surface area contributed by atoms with Crippen LogP contribution in [0, 0.1) is 6.92 Å². The van der Waals surface area contributed by atoms with E-state index in [0.717, 1.165) is 32.1 Å². The molecule has 126 valence electrons. The molecule has 2 N–H and O–H groups in total. The maximum atomic E-state index is 5.40. The van der Waals surface area contributed by atoms with E-state index in [1.165, 1.54) is 11.1 Å². The van der Waals surface area contributed by atoms with Crippen LogP contribution in [0.15, 0.2) is 29.3 Å². The molecule has 0 saturated carbocycles. The van der Waals surface area contributed by atoms with Gasteiger partial charge >= 0.3 is 0 Å². The lowest BCUT2D eigenvalue weighted by Crippen LogP contribution is -2.37. The zero-order valence-electron chi connectivity index (χ0n) is 13.7. The molecule has 22 heavy (non-hydrogen) atoms. The molecule has 0 amide bonds. The van der Waals surface area contributed by atoms with Gasteiger partial charge in [-0.2, -0.15) is 0 Å². The van der Waals surface area contributed by atoms with Crippen LogP contribution < -0.4 is 10.6 Å². The second kappa shape index (κ2) is 13.8. The quantitative estimate of drug-likeness (QED) is 0.278. The van der Waals surface area contributed by atoms with Crippen LogP contribution >= 0.6 is 24.0 Å². The minimum Gasteiger partial charge on any atom is -0.382 e. The molecule has 0 heterocycles. The minimum absolute atomic E-state index is 0. The van der Waals surface area contributed by atoms with Crippen LogP contribution in [0.2, 0.25) is 0 Å². The molecule has 5 nitrogen and oxygen atoms in total. The molecule has 6 heteroatoms. The third-order valence-electron chi connectivity index (χ3n) is 2.99. The van der Waals surface area contributed by atoms with E-state index in [2.05, 4.69) is 46.8 Å². The number of ether oxygens (including phenoxy) is 2. The predicted molar refractivity (Wildman–Crippen MR) is 102 cm³/mol. The Labute approximate surface area is 150 Å². The molecule has 0 aliphatic carbocycles. The van der Waals surface area contributed by atoms with E-state index < -0.39 is 0 Å². The fourth-order valence-electron chi connectivity index (χ4n) is 1.74. The van der Waals surface area contributed by atoms with Crippen LogP contribution in [0.25, 0.3) is 0 Å². The van der Waals surface area contributed by atoms with Crippen molar-refractivity contribution in [1.29, 1.82) is 0 Å². The van der Waals surface area contributed by atoms with Crippen molar-refractivity contribution >= 4 is 29.9 Å². The first-order valence-electron chi connectivity index (χ1n) is 7.33. The summed E-state index contributed by atoms with van der Waals surface area (Å²) < 4.78 is 10.3. The largest absolute Gasteiger partial charge is 0.382 e. The summed E-state index contributed by atoms with van der Waals surface area (Å²) in [6, 6.07) is 8.48. The molecule has 1 rings (SSSR count). The van der Waals surface area contributed by atoms with Gasteiger partial charge < -0.3 is 20.1 Å². The number of aryl methyl sites for hydroxylation is 1. The highest BCUT2D eigenvalue weighted by Gasteiger charge is 1.98. The van der Waals surface area contributed by atoms with Crippen LogP contribution in [-0.4, -0.2) is 46.5 Å². The summed E-state index contributed by atoms with van der Waals surface area (Å²) >= 11 is 0. The van der Waals surface area contributed by atoms with Crippen molar-refractivity contribution in [2.45, 2.75) is 19.9 Å². The Kier molecular flexibility index (Phi) is 13.2. The number of rotatable bonds is 9. The summed E-state index contributed by atoms with van der Waals surface area (Å²) in [4.78, 5) is 4.20. The Morgan fingerprint density at radius 3 is 2.45 bits per heavy atom. The lowest BCUT2D eigenvalue weighted by Gasteiger charge is -2.12. The third kappa shape index (κ3) is 9.97. The standard InChI is InChI=1S/C16H27N3O2.HI/c1-14-5-7-15(8-6-14)13-19-16(17-2)18-9-4-10-21-12-11-20-3;/h5-8H,4,9-13H2,1-3H3,(H2,17,18,19);1H. The van der Waals surface area contributed by atoms with Crippen molar-refractivity contribution < 1.29 is 9.47 Å². The summed E-state index contributed by atoms with van der Waals surface area (Å²) in [7, 11) is 3.45. The number of benzene rings is 1. The van der Waals surface area contributed by atoms with Gasteiger partial charge in [-0.3, -0.25) is 4.99 Å². The van der Waals surface area contributed by atoms with Crippen LogP contribution in [0.3, 0.4) is 0 Å². The summed E-state index contributed by atoms with van der Waals surface area (Å²) in [5.74, 6) is 0.812. The lowest BCUT2D eigenvalue weighted by molar-refractivity contribution is 0.0698. The van der Waals surface area contributed by atoms with Gasteiger partial charge in [0.05, 0.1) is 13.2 Å².